The van der Waals surface area contributed by atoms with Gasteiger partial charge in [-0.15, -0.1) is 0 Å². The average molecular weight is 469 g/mol. The topological polar surface area (TPSA) is 65.1 Å². The van der Waals surface area contributed by atoms with Crippen LogP contribution in [0.5, 0.6) is 0 Å². The van der Waals surface area contributed by atoms with Gasteiger partial charge in [0.25, 0.3) is 6.47 Å². The number of anilines is 2. The molecule has 0 bridgehead atoms. The lowest BCUT2D eigenvalue weighted by molar-refractivity contribution is -0.137. The summed E-state index contributed by atoms with van der Waals surface area (Å²) < 4.78 is 40.5. The summed E-state index contributed by atoms with van der Waals surface area (Å²) >= 11 is 0. The number of halogens is 3. The lowest BCUT2D eigenvalue weighted by atomic mass is 10.0. The minimum absolute atomic E-state index is 0.250. The number of benzene rings is 3. The molecule has 4 nitrogen and oxygen atoms in total. The number of hydrogen-bond donors (Lipinski definition) is 3. The van der Waals surface area contributed by atoms with Crippen molar-refractivity contribution in [1.29, 1.82) is 0 Å². The normalized spacial score (nSPS) is 11.1. The lowest BCUT2D eigenvalue weighted by Gasteiger charge is -2.13. The Morgan fingerprint density at radius 2 is 1.65 bits per heavy atom. The van der Waals surface area contributed by atoms with Gasteiger partial charge in [0.2, 0.25) is 0 Å². The zero-order chi connectivity index (χ0) is 24.7. The van der Waals surface area contributed by atoms with Crippen molar-refractivity contribution in [3.05, 3.63) is 83.4 Å². The maximum absolute atomic E-state index is 13.5. The third kappa shape index (κ3) is 5.98. The maximum atomic E-state index is 13.5. The number of carbonyl (C=O) groups is 1. The fourth-order valence-electron chi connectivity index (χ4n) is 3.82. The van der Waals surface area contributed by atoms with Gasteiger partial charge >= 0.3 is 6.18 Å². The Bertz CT molecular complexity index is 1250. The van der Waals surface area contributed by atoms with Crippen molar-refractivity contribution >= 4 is 28.7 Å². The highest BCUT2D eigenvalue weighted by atomic mass is 19.4. The molecule has 3 aromatic carbocycles. The highest BCUT2D eigenvalue weighted by molar-refractivity contribution is 6.04. The van der Waals surface area contributed by atoms with Gasteiger partial charge in [0.15, 0.2) is 0 Å². The van der Waals surface area contributed by atoms with Gasteiger partial charge in [0.05, 0.1) is 11.3 Å². The monoisotopic (exact) mass is 468 g/mol. The Morgan fingerprint density at radius 1 is 1.00 bits per heavy atom. The summed E-state index contributed by atoms with van der Waals surface area (Å²) in [5.74, 6) is 0.687. The second kappa shape index (κ2) is 10.9. The fraction of sp³-hybridized carbons (Fsp3) is 0.222. The Kier molecular flexibility index (Phi) is 7.99. The molecule has 7 heteroatoms. The number of aryl methyl sites for hydroxylation is 2. The van der Waals surface area contributed by atoms with Crippen molar-refractivity contribution in [2.24, 2.45) is 0 Å². The second-order valence-electron chi connectivity index (χ2n) is 8.04. The summed E-state index contributed by atoms with van der Waals surface area (Å²) in [6.07, 6.45) is -1.98. The number of fused-ring (bicyclic) bond motifs is 1. The Balaban J connectivity index is 0.00000103. The number of aromatic nitrogens is 1. The number of H-pyrrole nitrogens is 1. The van der Waals surface area contributed by atoms with E-state index >= 15 is 0 Å². The van der Waals surface area contributed by atoms with E-state index in [-0.39, 0.29) is 6.47 Å². The molecule has 0 amide bonds. The first-order valence-corrected chi connectivity index (χ1v) is 11.0. The van der Waals surface area contributed by atoms with Crippen LogP contribution in [-0.4, -0.2) is 16.6 Å². The van der Waals surface area contributed by atoms with Crippen molar-refractivity contribution in [1.82, 2.24) is 4.98 Å². The van der Waals surface area contributed by atoms with E-state index in [1.54, 1.807) is 0 Å². The van der Waals surface area contributed by atoms with Gasteiger partial charge in [-0.05, 0) is 49.1 Å². The molecule has 0 fully saturated rings. The van der Waals surface area contributed by atoms with Crippen LogP contribution in [0.3, 0.4) is 0 Å². The third-order valence-electron chi connectivity index (χ3n) is 5.46. The Hall–Kier alpha value is -3.74. The molecule has 0 saturated carbocycles. The zero-order valence-electron chi connectivity index (χ0n) is 19.0. The highest BCUT2D eigenvalue weighted by Crippen LogP contribution is 2.37. The summed E-state index contributed by atoms with van der Waals surface area (Å²) in [4.78, 5) is 11.8. The van der Waals surface area contributed by atoms with Crippen molar-refractivity contribution in [3.8, 4) is 11.3 Å². The smallest absolute Gasteiger partial charge is 0.416 e. The van der Waals surface area contributed by atoms with E-state index in [0.29, 0.717) is 23.5 Å². The van der Waals surface area contributed by atoms with Crippen LogP contribution in [0.2, 0.25) is 0 Å². The number of rotatable bonds is 6. The molecule has 0 aliphatic rings. The van der Waals surface area contributed by atoms with E-state index in [1.807, 2.05) is 68.4 Å². The quantitative estimate of drug-likeness (QED) is 0.252. The van der Waals surface area contributed by atoms with Crippen LogP contribution in [0.1, 0.15) is 36.5 Å². The van der Waals surface area contributed by atoms with Crippen LogP contribution >= 0.6 is 0 Å². The fourth-order valence-corrected chi connectivity index (χ4v) is 3.82. The van der Waals surface area contributed by atoms with Crippen molar-refractivity contribution in [2.75, 3.05) is 5.32 Å². The predicted molar refractivity (Wildman–Crippen MR) is 131 cm³/mol. The van der Waals surface area contributed by atoms with E-state index in [2.05, 4.69) is 10.3 Å². The number of nitrogens with one attached hydrogen (secondary N) is 2. The van der Waals surface area contributed by atoms with E-state index in [4.69, 9.17) is 9.90 Å². The first kappa shape index (κ1) is 24.9. The van der Waals surface area contributed by atoms with Gasteiger partial charge < -0.3 is 15.4 Å². The first-order valence-electron chi connectivity index (χ1n) is 11.0. The number of hydrogen-bond acceptors (Lipinski definition) is 2. The first-order chi connectivity index (χ1) is 16.3. The minimum atomic E-state index is -4.39. The van der Waals surface area contributed by atoms with Crippen LogP contribution in [0, 0.1) is 6.92 Å². The molecule has 0 atom stereocenters. The van der Waals surface area contributed by atoms with Crippen molar-refractivity contribution < 1.29 is 23.1 Å². The van der Waals surface area contributed by atoms with Gasteiger partial charge in [-0.25, -0.2) is 0 Å². The van der Waals surface area contributed by atoms with E-state index < -0.39 is 11.7 Å². The standard InChI is InChI=1S/C26H25F3N2.CH2O2/c1-3-4-7-18-14-20(26(27,28)29)16-21(15-18)30-25-23-9-6-5-8-22(23)24(31-25)19-12-10-17(2)11-13-19;2-1-3/h5-6,8-16,30-31H,3-4,7H2,1-2H3;1H,(H,2,3). The van der Waals surface area contributed by atoms with Gasteiger partial charge in [0, 0.05) is 16.5 Å². The molecule has 0 radical (unpaired) electrons. The van der Waals surface area contributed by atoms with Gasteiger partial charge in [-0.2, -0.15) is 13.2 Å². The summed E-state index contributed by atoms with van der Waals surface area (Å²) in [6, 6.07) is 20.3. The van der Waals surface area contributed by atoms with E-state index in [9.17, 15) is 13.2 Å². The summed E-state index contributed by atoms with van der Waals surface area (Å²) in [5, 5.41) is 12.1. The molecule has 1 heterocycles. The molecule has 4 rings (SSSR count). The van der Waals surface area contributed by atoms with E-state index in [0.717, 1.165) is 34.9 Å². The molecule has 4 aromatic rings. The summed E-state index contributed by atoms with van der Waals surface area (Å²) in [7, 11) is 0. The van der Waals surface area contributed by atoms with Crippen molar-refractivity contribution in [2.45, 2.75) is 39.3 Å². The van der Waals surface area contributed by atoms with Gasteiger partial charge in [0.1, 0.15) is 5.82 Å². The molecule has 3 N–H and O–H groups in total. The van der Waals surface area contributed by atoms with Crippen LogP contribution in [0.15, 0.2) is 66.7 Å². The van der Waals surface area contributed by atoms with Crippen LogP contribution in [0.25, 0.3) is 22.0 Å². The van der Waals surface area contributed by atoms with Gasteiger partial charge in [-0.3, -0.25) is 4.79 Å². The molecular formula is C27H27F3N2O2. The van der Waals surface area contributed by atoms with Crippen LogP contribution in [-0.2, 0) is 17.4 Å². The predicted octanol–water partition coefficient (Wildman–Crippen LogP) is 7.95. The molecule has 0 aliphatic heterocycles. The van der Waals surface area contributed by atoms with Crippen LogP contribution in [0.4, 0.5) is 24.7 Å². The molecule has 178 valence electrons. The number of unbranched alkanes of at least 4 members (excludes halogenated alkanes) is 1. The average Bonchev–Trinajstić information content (AvgIpc) is 3.16. The van der Waals surface area contributed by atoms with Crippen LogP contribution < -0.4 is 5.32 Å². The van der Waals surface area contributed by atoms with E-state index in [1.165, 1.54) is 17.7 Å². The largest absolute Gasteiger partial charge is 0.483 e. The second-order valence-corrected chi connectivity index (χ2v) is 8.04. The molecule has 0 unspecified atom stereocenters. The Labute approximate surface area is 196 Å². The number of alkyl halides is 3. The SMILES string of the molecule is CCCCc1cc(Nc2[nH]c(-c3ccc(C)cc3)c3ccccc23)cc(C(F)(F)F)c1.O=CO. The number of aromatic amines is 1. The van der Waals surface area contributed by atoms with Gasteiger partial charge in [-0.1, -0.05) is 67.4 Å². The molecule has 34 heavy (non-hydrogen) atoms. The number of carboxylic acid groups (broad SMARTS) is 1. The molecule has 0 saturated heterocycles. The summed E-state index contributed by atoms with van der Waals surface area (Å²) in [5.41, 5.74) is 3.63. The highest BCUT2D eigenvalue weighted by Gasteiger charge is 2.31. The third-order valence-corrected chi connectivity index (χ3v) is 5.46. The lowest BCUT2D eigenvalue weighted by Crippen LogP contribution is -2.07. The molecular weight excluding hydrogens is 441 g/mol. The molecule has 0 aliphatic carbocycles. The molecule has 1 aromatic heterocycles. The zero-order valence-corrected chi connectivity index (χ0v) is 19.0. The molecule has 0 spiro atoms. The minimum Gasteiger partial charge on any atom is -0.483 e. The maximum Gasteiger partial charge on any atom is 0.416 e. The summed E-state index contributed by atoms with van der Waals surface area (Å²) in [6.45, 7) is 3.82. The Morgan fingerprint density at radius 3 is 2.26 bits per heavy atom. The van der Waals surface area contributed by atoms with Crippen molar-refractivity contribution in [3.63, 3.8) is 0 Å².